The summed E-state index contributed by atoms with van der Waals surface area (Å²) in [4.78, 5) is 32.8. The molecule has 0 saturated carbocycles. The maximum absolute atomic E-state index is 13.5. The number of carbonyl (C=O) groups excluding carboxylic acids is 2. The first kappa shape index (κ1) is 25.9. The molecular formula is C31H24ClFN4O2. The topological polar surface area (TPSA) is 67.2 Å². The third-order valence-corrected chi connectivity index (χ3v) is 6.28. The first-order valence-corrected chi connectivity index (χ1v) is 12.6. The van der Waals surface area contributed by atoms with Crippen LogP contribution in [0.4, 0.5) is 10.3 Å². The summed E-state index contributed by atoms with van der Waals surface area (Å²) in [5, 5.41) is 3.41. The number of rotatable bonds is 8. The molecule has 5 rings (SSSR count). The Morgan fingerprint density at radius 3 is 2.26 bits per heavy atom. The van der Waals surface area contributed by atoms with Crippen LogP contribution < -0.4 is 5.32 Å². The normalized spacial score (nSPS) is 10.7. The average molecular weight is 539 g/mol. The Labute approximate surface area is 230 Å². The van der Waals surface area contributed by atoms with Crippen molar-refractivity contribution in [3.8, 4) is 16.9 Å². The maximum Gasteiger partial charge on any atom is 0.254 e. The van der Waals surface area contributed by atoms with Gasteiger partial charge < -0.3 is 4.90 Å². The summed E-state index contributed by atoms with van der Waals surface area (Å²) in [6.45, 7) is -0.0450. The predicted molar refractivity (Wildman–Crippen MR) is 150 cm³/mol. The van der Waals surface area contributed by atoms with E-state index in [1.165, 1.54) is 29.2 Å². The highest BCUT2D eigenvalue weighted by molar-refractivity contribution is 6.30. The molecule has 1 N–H and O–H groups in total. The summed E-state index contributed by atoms with van der Waals surface area (Å²) < 4.78 is 15.2. The minimum atomic E-state index is -0.444. The number of hydrogen-bond donors (Lipinski definition) is 1. The largest absolute Gasteiger partial charge is 0.325 e. The van der Waals surface area contributed by atoms with Gasteiger partial charge in [-0.1, -0.05) is 78.3 Å². The standard InChI is InChI=1S/C31H24ClFN4O2/c32-25-12-7-13-27(18-25)37-20-28(23-10-5-2-6-11-23)34-31(37)35-29(38)21-36(19-22-8-3-1-4-9-22)30(39)24-14-16-26(33)17-15-24/h1-18,20H,19,21H2,(H,34,35,38). The van der Waals surface area contributed by atoms with Crippen molar-refractivity contribution in [1.29, 1.82) is 0 Å². The smallest absolute Gasteiger partial charge is 0.254 e. The van der Waals surface area contributed by atoms with Crippen LogP contribution in [0.5, 0.6) is 0 Å². The Morgan fingerprint density at radius 2 is 1.56 bits per heavy atom. The summed E-state index contributed by atoms with van der Waals surface area (Å²) in [7, 11) is 0. The molecule has 6 nitrogen and oxygen atoms in total. The molecule has 39 heavy (non-hydrogen) atoms. The van der Waals surface area contributed by atoms with Crippen molar-refractivity contribution in [1.82, 2.24) is 14.5 Å². The van der Waals surface area contributed by atoms with Crippen LogP contribution in [0.15, 0.2) is 115 Å². The summed E-state index contributed by atoms with van der Waals surface area (Å²) in [6, 6.07) is 31.4. The van der Waals surface area contributed by atoms with Crippen molar-refractivity contribution in [3.05, 3.63) is 137 Å². The molecule has 0 spiro atoms. The Bertz CT molecular complexity index is 1590. The van der Waals surface area contributed by atoms with Gasteiger partial charge in [0.1, 0.15) is 12.4 Å². The van der Waals surface area contributed by atoms with E-state index < -0.39 is 17.6 Å². The predicted octanol–water partition coefficient (Wildman–Crippen LogP) is 6.61. The molecule has 0 aliphatic carbocycles. The molecule has 194 valence electrons. The summed E-state index contributed by atoms with van der Waals surface area (Å²) in [5.74, 6) is -0.983. The van der Waals surface area contributed by atoms with Crippen LogP contribution in [0.25, 0.3) is 16.9 Å². The highest BCUT2D eigenvalue weighted by Crippen LogP contribution is 2.25. The third kappa shape index (κ3) is 6.40. The number of nitrogens with one attached hydrogen (secondary N) is 1. The minimum Gasteiger partial charge on any atom is -0.325 e. The number of aromatic nitrogens is 2. The van der Waals surface area contributed by atoms with E-state index in [1.807, 2.05) is 79.0 Å². The number of anilines is 1. The fraction of sp³-hybridized carbons (Fsp3) is 0.0645. The van der Waals surface area contributed by atoms with Crippen LogP contribution in [0.2, 0.25) is 5.02 Å². The van der Waals surface area contributed by atoms with Crippen molar-refractivity contribution in [2.75, 3.05) is 11.9 Å². The van der Waals surface area contributed by atoms with Crippen molar-refractivity contribution >= 4 is 29.4 Å². The Morgan fingerprint density at radius 1 is 0.872 bits per heavy atom. The second-order valence-electron chi connectivity index (χ2n) is 8.87. The molecule has 0 fully saturated rings. The molecule has 4 aromatic carbocycles. The maximum atomic E-state index is 13.5. The molecule has 1 aromatic heterocycles. The van der Waals surface area contributed by atoms with Gasteiger partial charge >= 0.3 is 0 Å². The van der Waals surface area contributed by atoms with Gasteiger partial charge in [-0.15, -0.1) is 0 Å². The van der Waals surface area contributed by atoms with Gasteiger partial charge in [-0.3, -0.25) is 19.5 Å². The van der Waals surface area contributed by atoms with E-state index in [0.29, 0.717) is 10.7 Å². The molecule has 2 amide bonds. The first-order chi connectivity index (χ1) is 19.0. The molecule has 1 heterocycles. The lowest BCUT2D eigenvalue weighted by Gasteiger charge is -2.22. The van der Waals surface area contributed by atoms with Gasteiger partial charge in [0.15, 0.2) is 0 Å². The number of amides is 2. The first-order valence-electron chi connectivity index (χ1n) is 12.3. The second-order valence-corrected chi connectivity index (χ2v) is 9.30. The average Bonchev–Trinajstić information content (AvgIpc) is 3.37. The SMILES string of the molecule is O=C(CN(Cc1ccccc1)C(=O)c1ccc(F)cc1)Nc1nc(-c2ccccc2)cn1-c1cccc(Cl)c1. The molecule has 0 saturated heterocycles. The van der Waals surface area contributed by atoms with Crippen molar-refractivity contribution < 1.29 is 14.0 Å². The van der Waals surface area contributed by atoms with Gasteiger partial charge in [0.25, 0.3) is 5.91 Å². The molecular weight excluding hydrogens is 515 g/mol. The van der Waals surface area contributed by atoms with Crippen molar-refractivity contribution in [3.63, 3.8) is 0 Å². The third-order valence-electron chi connectivity index (χ3n) is 6.04. The molecule has 0 unspecified atom stereocenters. The Kier molecular flexibility index (Phi) is 7.80. The van der Waals surface area contributed by atoms with Crippen LogP contribution in [0, 0.1) is 5.82 Å². The fourth-order valence-electron chi connectivity index (χ4n) is 4.16. The van der Waals surface area contributed by atoms with Gasteiger partial charge in [0.2, 0.25) is 11.9 Å². The zero-order valence-corrected chi connectivity index (χ0v) is 21.6. The van der Waals surface area contributed by atoms with Gasteiger partial charge in [0.05, 0.1) is 5.69 Å². The zero-order valence-electron chi connectivity index (χ0n) is 20.8. The van der Waals surface area contributed by atoms with Crippen LogP contribution in [0.1, 0.15) is 15.9 Å². The van der Waals surface area contributed by atoms with Gasteiger partial charge in [-0.2, -0.15) is 0 Å². The number of halogens is 2. The van der Waals surface area contributed by atoms with E-state index in [4.69, 9.17) is 11.6 Å². The van der Waals surface area contributed by atoms with E-state index in [2.05, 4.69) is 10.3 Å². The highest BCUT2D eigenvalue weighted by Gasteiger charge is 2.21. The number of carbonyl (C=O) groups is 2. The molecule has 0 aliphatic rings. The quantitative estimate of drug-likeness (QED) is 0.242. The zero-order chi connectivity index (χ0) is 27.2. The van der Waals surface area contributed by atoms with Gasteiger partial charge in [0, 0.05) is 34.6 Å². The Balaban J connectivity index is 1.44. The van der Waals surface area contributed by atoms with E-state index in [0.717, 1.165) is 16.8 Å². The van der Waals surface area contributed by atoms with E-state index in [9.17, 15) is 14.0 Å². The minimum absolute atomic E-state index is 0.197. The van der Waals surface area contributed by atoms with Crippen LogP contribution in [-0.4, -0.2) is 32.8 Å². The number of nitrogens with zero attached hydrogens (tertiary/aromatic N) is 3. The fourth-order valence-corrected chi connectivity index (χ4v) is 4.34. The lowest BCUT2D eigenvalue weighted by atomic mass is 10.1. The Hall–Kier alpha value is -4.75. The molecule has 0 atom stereocenters. The summed E-state index contributed by atoms with van der Waals surface area (Å²) in [6.07, 6.45) is 1.82. The van der Waals surface area contributed by atoms with Crippen molar-refractivity contribution in [2.24, 2.45) is 0 Å². The summed E-state index contributed by atoms with van der Waals surface area (Å²) >= 11 is 6.24. The highest BCUT2D eigenvalue weighted by atomic mass is 35.5. The molecule has 5 aromatic rings. The summed E-state index contributed by atoms with van der Waals surface area (Å²) in [5.41, 5.74) is 3.40. The van der Waals surface area contributed by atoms with Crippen LogP contribution in [-0.2, 0) is 11.3 Å². The lowest BCUT2D eigenvalue weighted by molar-refractivity contribution is -0.117. The molecule has 0 radical (unpaired) electrons. The van der Waals surface area contributed by atoms with Crippen LogP contribution in [0.3, 0.4) is 0 Å². The lowest BCUT2D eigenvalue weighted by Crippen LogP contribution is -2.38. The van der Waals surface area contributed by atoms with E-state index in [-0.39, 0.29) is 24.6 Å². The molecule has 8 heteroatoms. The number of hydrogen-bond acceptors (Lipinski definition) is 3. The molecule has 0 aliphatic heterocycles. The number of imidazole rings is 1. The van der Waals surface area contributed by atoms with E-state index in [1.54, 1.807) is 16.7 Å². The monoisotopic (exact) mass is 538 g/mol. The number of benzene rings is 4. The van der Waals surface area contributed by atoms with Crippen molar-refractivity contribution in [2.45, 2.75) is 6.54 Å². The van der Waals surface area contributed by atoms with Crippen LogP contribution >= 0.6 is 11.6 Å². The van der Waals surface area contributed by atoms with Gasteiger partial charge in [-0.25, -0.2) is 9.37 Å². The van der Waals surface area contributed by atoms with Gasteiger partial charge in [-0.05, 0) is 48.0 Å². The second kappa shape index (κ2) is 11.8. The van der Waals surface area contributed by atoms with E-state index >= 15 is 0 Å². The molecule has 0 bridgehead atoms.